The van der Waals surface area contributed by atoms with E-state index in [1.54, 1.807) is 30.5 Å². The minimum atomic E-state index is -0.288. The van der Waals surface area contributed by atoms with Gasteiger partial charge in [-0.2, -0.15) is 5.10 Å². The third-order valence-electron chi connectivity index (χ3n) is 3.34. The van der Waals surface area contributed by atoms with Crippen LogP contribution < -0.4 is 11.2 Å². The Bertz CT molecular complexity index is 850. The number of hydrazone groups is 1. The van der Waals surface area contributed by atoms with Crippen LogP contribution in [-0.4, -0.2) is 12.1 Å². The van der Waals surface area contributed by atoms with Gasteiger partial charge in [0, 0.05) is 16.8 Å². The number of carbonyl (C=O) groups is 1. The molecule has 1 amide bonds. The summed E-state index contributed by atoms with van der Waals surface area (Å²) in [5, 5.41) is 6.26. The molecule has 0 unspecified atom stereocenters. The van der Waals surface area contributed by atoms with Crippen LogP contribution in [0.5, 0.6) is 0 Å². The number of anilines is 1. The van der Waals surface area contributed by atoms with E-state index in [0.717, 1.165) is 16.3 Å². The zero-order valence-electron chi connectivity index (χ0n) is 11.9. The summed E-state index contributed by atoms with van der Waals surface area (Å²) in [4.78, 5) is 12.0. The Morgan fingerprint density at radius 1 is 1.00 bits per heavy atom. The van der Waals surface area contributed by atoms with Gasteiger partial charge in [0.2, 0.25) is 0 Å². The Balaban J connectivity index is 1.78. The van der Waals surface area contributed by atoms with E-state index in [1.165, 1.54) is 0 Å². The molecule has 4 heteroatoms. The van der Waals surface area contributed by atoms with E-state index in [4.69, 9.17) is 5.73 Å². The van der Waals surface area contributed by atoms with Gasteiger partial charge < -0.3 is 5.73 Å². The van der Waals surface area contributed by atoms with Gasteiger partial charge in [0.05, 0.1) is 6.21 Å². The number of fused-ring (bicyclic) bond motifs is 1. The first-order chi connectivity index (χ1) is 10.7. The zero-order valence-corrected chi connectivity index (χ0v) is 11.9. The number of benzene rings is 3. The number of hydrogen-bond donors (Lipinski definition) is 2. The van der Waals surface area contributed by atoms with E-state index in [9.17, 15) is 4.79 Å². The lowest BCUT2D eigenvalue weighted by molar-refractivity contribution is 0.0955. The monoisotopic (exact) mass is 289 g/mol. The van der Waals surface area contributed by atoms with E-state index in [1.807, 2.05) is 42.5 Å². The van der Waals surface area contributed by atoms with Crippen molar-refractivity contribution in [2.24, 2.45) is 5.10 Å². The van der Waals surface area contributed by atoms with Crippen molar-refractivity contribution >= 4 is 28.6 Å². The van der Waals surface area contributed by atoms with Crippen molar-refractivity contribution in [3.05, 3.63) is 77.9 Å². The van der Waals surface area contributed by atoms with Gasteiger partial charge in [0.1, 0.15) is 0 Å². The third kappa shape index (κ3) is 2.96. The summed E-state index contributed by atoms with van der Waals surface area (Å²) in [7, 11) is 0. The quantitative estimate of drug-likeness (QED) is 0.442. The molecule has 0 radical (unpaired) electrons. The van der Waals surface area contributed by atoms with Crippen LogP contribution in [0.4, 0.5) is 5.69 Å². The van der Waals surface area contributed by atoms with Crippen molar-refractivity contribution < 1.29 is 4.79 Å². The summed E-state index contributed by atoms with van der Waals surface area (Å²) >= 11 is 0. The highest BCUT2D eigenvalue weighted by Crippen LogP contribution is 2.16. The van der Waals surface area contributed by atoms with Gasteiger partial charge in [0.15, 0.2) is 0 Å². The molecule has 0 aliphatic rings. The van der Waals surface area contributed by atoms with Gasteiger partial charge >= 0.3 is 0 Å². The van der Waals surface area contributed by atoms with Crippen LogP contribution in [0.3, 0.4) is 0 Å². The Hall–Kier alpha value is -3.14. The molecule has 0 atom stereocenters. The van der Waals surface area contributed by atoms with Crippen molar-refractivity contribution in [2.75, 3.05) is 5.73 Å². The second-order valence-corrected chi connectivity index (χ2v) is 4.89. The minimum absolute atomic E-state index is 0.288. The van der Waals surface area contributed by atoms with Crippen LogP contribution in [0.1, 0.15) is 15.9 Å². The predicted molar refractivity (Wildman–Crippen MR) is 89.9 cm³/mol. The predicted octanol–water partition coefficient (Wildman–Crippen LogP) is 3.19. The second kappa shape index (κ2) is 6.10. The van der Waals surface area contributed by atoms with Crippen LogP contribution in [0, 0.1) is 0 Å². The first-order valence-corrected chi connectivity index (χ1v) is 6.91. The molecule has 3 rings (SSSR count). The molecule has 3 aromatic carbocycles. The van der Waals surface area contributed by atoms with Gasteiger partial charge in [-0.25, -0.2) is 5.43 Å². The largest absolute Gasteiger partial charge is 0.399 e. The number of rotatable bonds is 3. The van der Waals surface area contributed by atoms with Crippen LogP contribution in [-0.2, 0) is 0 Å². The van der Waals surface area contributed by atoms with E-state index >= 15 is 0 Å². The fourth-order valence-corrected chi connectivity index (χ4v) is 2.27. The maximum Gasteiger partial charge on any atom is 0.271 e. The summed E-state index contributed by atoms with van der Waals surface area (Å²) in [5.74, 6) is -0.288. The Kier molecular flexibility index (Phi) is 3.83. The number of nitrogens with one attached hydrogen (secondary N) is 1. The van der Waals surface area contributed by atoms with Crippen LogP contribution in [0.2, 0.25) is 0 Å². The Morgan fingerprint density at radius 3 is 2.64 bits per heavy atom. The van der Waals surface area contributed by atoms with E-state index < -0.39 is 0 Å². The molecule has 0 aliphatic heterocycles. The lowest BCUT2D eigenvalue weighted by Gasteiger charge is -2.02. The van der Waals surface area contributed by atoms with Gasteiger partial charge in [-0.3, -0.25) is 4.79 Å². The highest BCUT2D eigenvalue weighted by atomic mass is 16.2. The number of carbonyl (C=O) groups excluding carboxylic acids is 1. The fraction of sp³-hybridized carbons (Fsp3) is 0. The lowest BCUT2D eigenvalue weighted by atomic mass is 10.1. The van der Waals surface area contributed by atoms with Crippen LogP contribution in [0.15, 0.2) is 71.8 Å². The molecule has 0 aliphatic carbocycles. The fourth-order valence-electron chi connectivity index (χ4n) is 2.27. The van der Waals surface area contributed by atoms with Gasteiger partial charge in [-0.15, -0.1) is 0 Å². The molecule has 108 valence electrons. The third-order valence-corrected chi connectivity index (χ3v) is 3.34. The molecule has 0 saturated heterocycles. The molecule has 0 heterocycles. The highest BCUT2D eigenvalue weighted by Gasteiger charge is 2.03. The summed E-state index contributed by atoms with van der Waals surface area (Å²) in [5.41, 5.74) is 10.2. The number of nitrogen functional groups attached to an aromatic ring is 1. The molecule has 3 aromatic rings. The van der Waals surface area contributed by atoms with E-state index in [0.29, 0.717) is 11.3 Å². The maximum atomic E-state index is 12.0. The van der Waals surface area contributed by atoms with E-state index in [-0.39, 0.29) is 5.91 Å². The summed E-state index contributed by atoms with van der Waals surface area (Å²) < 4.78 is 0. The first-order valence-electron chi connectivity index (χ1n) is 6.91. The molecule has 0 spiro atoms. The molecule has 0 aromatic heterocycles. The molecule has 0 fully saturated rings. The van der Waals surface area contributed by atoms with Crippen molar-refractivity contribution in [1.29, 1.82) is 0 Å². The normalized spacial score (nSPS) is 10.9. The first kappa shape index (κ1) is 13.8. The Labute approximate surface area is 128 Å². The van der Waals surface area contributed by atoms with Gasteiger partial charge in [0.25, 0.3) is 5.91 Å². The smallest absolute Gasteiger partial charge is 0.271 e. The average molecular weight is 289 g/mol. The maximum absolute atomic E-state index is 12.0. The SMILES string of the molecule is Nc1cccc(C(=O)N/N=C\c2cccc3ccccc23)c1. The molecular formula is C18H15N3O. The molecule has 4 nitrogen and oxygen atoms in total. The minimum Gasteiger partial charge on any atom is -0.399 e. The molecular weight excluding hydrogens is 274 g/mol. The Morgan fingerprint density at radius 2 is 1.77 bits per heavy atom. The zero-order chi connectivity index (χ0) is 15.4. The summed E-state index contributed by atoms with van der Waals surface area (Å²) in [6, 6.07) is 20.8. The summed E-state index contributed by atoms with van der Waals surface area (Å²) in [6.45, 7) is 0. The standard InChI is InChI=1S/C18H15N3O/c19-16-9-4-7-14(11-16)18(22)21-20-12-15-8-3-6-13-5-1-2-10-17(13)15/h1-12H,19H2,(H,21,22)/b20-12-. The number of hydrogen-bond acceptors (Lipinski definition) is 3. The summed E-state index contributed by atoms with van der Waals surface area (Å²) in [6.07, 6.45) is 1.65. The number of nitrogens with zero attached hydrogens (tertiary/aromatic N) is 1. The average Bonchev–Trinajstić information content (AvgIpc) is 2.55. The highest BCUT2D eigenvalue weighted by molar-refractivity contribution is 6.00. The van der Waals surface area contributed by atoms with Crippen molar-refractivity contribution in [3.8, 4) is 0 Å². The van der Waals surface area contributed by atoms with Crippen molar-refractivity contribution in [1.82, 2.24) is 5.43 Å². The molecule has 22 heavy (non-hydrogen) atoms. The van der Waals surface area contributed by atoms with Gasteiger partial charge in [-0.05, 0) is 29.0 Å². The van der Waals surface area contributed by atoms with Crippen molar-refractivity contribution in [3.63, 3.8) is 0 Å². The van der Waals surface area contributed by atoms with E-state index in [2.05, 4.69) is 10.5 Å². The number of nitrogens with two attached hydrogens (primary N) is 1. The van der Waals surface area contributed by atoms with Crippen LogP contribution in [0.25, 0.3) is 10.8 Å². The molecule has 3 N–H and O–H groups in total. The second-order valence-electron chi connectivity index (χ2n) is 4.89. The number of amides is 1. The van der Waals surface area contributed by atoms with Crippen molar-refractivity contribution in [2.45, 2.75) is 0 Å². The van der Waals surface area contributed by atoms with Gasteiger partial charge in [-0.1, -0.05) is 48.5 Å². The topological polar surface area (TPSA) is 67.5 Å². The molecule has 0 bridgehead atoms. The molecule has 0 saturated carbocycles. The van der Waals surface area contributed by atoms with Crippen LogP contribution >= 0.6 is 0 Å². The lowest BCUT2D eigenvalue weighted by Crippen LogP contribution is -2.17.